The summed E-state index contributed by atoms with van der Waals surface area (Å²) in [4.78, 5) is 15.5. The van der Waals surface area contributed by atoms with E-state index < -0.39 is 0 Å². The fraction of sp³-hybridized carbons (Fsp3) is 0. The zero-order chi connectivity index (χ0) is 31.6. The molecule has 0 radical (unpaired) electrons. The molecule has 5 heteroatoms. The van der Waals surface area contributed by atoms with Crippen molar-refractivity contribution in [1.29, 1.82) is 0 Å². The van der Waals surface area contributed by atoms with Crippen LogP contribution in [0.3, 0.4) is 0 Å². The van der Waals surface area contributed by atoms with Gasteiger partial charge in [-0.15, -0.1) is 11.3 Å². The molecule has 0 saturated heterocycles. The van der Waals surface area contributed by atoms with Gasteiger partial charge in [-0.05, 0) is 30.3 Å². The van der Waals surface area contributed by atoms with E-state index in [2.05, 4.69) is 109 Å². The van der Waals surface area contributed by atoms with Crippen LogP contribution >= 0.6 is 11.3 Å². The fourth-order valence-electron chi connectivity index (χ4n) is 6.81. The summed E-state index contributed by atoms with van der Waals surface area (Å²) in [5, 5.41) is 5.77. The second kappa shape index (κ2) is 10.7. The first kappa shape index (κ1) is 27.0. The fourth-order valence-corrected chi connectivity index (χ4v) is 8.05. The van der Waals surface area contributed by atoms with E-state index in [9.17, 15) is 0 Å². The number of aromatic nitrogens is 3. The Morgan fingerprint density at radius 1 is 0.479 bits per heavy atom. The molecule has 0 spiro atoms. The first-order valence-corrected chi connectivity index (χ1v) is 16.8. The number of nitrogens with zero attached hydrogens (tertiary/aromatic N) is 3. The zero-order valence-corrected chi connectivity index (χ0v) is 26.4. The molecule has 0 bridgehead atoms. The lowest BCUT2D eigenvalue weighted by molar-refractivity contribution is 0.669. The third-order valence-electron chi connectivity index (χ3n) is 9.11. The van der Waals surface area contributed by atoms with Crippen LogP contribution in [0, 0.1) is 0 Å². The highest BCUT2D eigenvalue weighted by Gasteiger charge is 2.18. The van der Waals surface area contributed by atoms with Gasteiger partial charge < -0.3 is 4.42 Å². The van der Waals surface area contributed by atoms with Crippen LogP contribution in [0.5, 0.6) is 0 Å². The van der Waals surface area contributed by atoms with Crippen LogP contribution < -0.4 is 0 Å². The molecular formula is C43H25N3OS. The predicted octanol–water partition coefficient (Wildman–Crippen LogP) is 12.0. The van der Waals surface area contributed by atoms with Gasteiger partial charge in [-0.25, -0.2) is 15.0 Å². The van der Waals surface area contributed by atoms with Crippen molar-refractivity contribution in [3.63, 3.8) is 0 Å². The maximum Gasteiger partial charge on any atom is 0.164 e. The molecular weight excluding hydrogens is 607 g/mol. The molecule has 0 amide bonds. The number of furan rings is 1. The van der Waals surface area contributed by atoms with E-state index in [-0.39, 0.29) is 0 Å². The summed E-state index contributed by atoms with van der Waals surface area (Å²) in [7, 11) is 0. The van der Waals surface area contributed by atoms with Crippen molar-refractivity contribution in [2.24, 2.45) is 0 Å². The summed E-state index contributed by atoms with van der Waals surface area (Å²) in [6.07, 6.45) is 0. The topological polar surface area (TPSA) is 51.8 Å². The smallest absolute Gasteiger partial charge is 0.164 e. The first-order chi connectivity index (χ1) is 23.8. The quantitative estimate of drug-likeness (QED) is 0.194. The third kappa shape index (κ3) is 4.25. The van der Waals surface area contributed by atoms with E-state index in [1.54, 1.807) is 0 Å². The minimum Gasteiger partial charge on any atom is -0.455 e. The monoisotopic (exact) mass is 631 g/mol. The molecule has 0 atom stereocenters. The molecule has 4 aromatic heterocycles. The van der Waals surface area contributed by atoms with Crippen molar-refractivity contribution < 1.29 is 4.42 Å². The van der Waals surface area contributed by atoms with Crippen LogP contribution in [0.4, 0.5) is 0 Å². The van der Waals surface area contributed by atoms with Crippen LogP contribution in [0.2, 0.25) is 0 Å². The van der Waals surface area contributed by atoms with Gasteiger partial charge in [-0.3, -0.25) is 0 Å². The van der Waals surface area contributed by atoms with E-state index in [1.807, 2.05) is 53.8 Å². The minimum absolute atomic E-state index is 0.628. The number of pyridine rings is 1. The minimum atomic E-state index is 0.628. The largest absolute Gasteiger partial charge is 0.455 e. The number of benzene rings is 6. The van der Waals surface area contributed by atoms with Crippen molar-refractivity contribution >= 4 is 64.4 Å². The predicted molar refractivity (Wildman–Crippen MR) is 199 cm³/mol. The SMILES string of the molecule is c1ccc(-c2cc(-c3ccc(-c4nc5ccccc5c5sc6ccccc6c45)cc3)nc(-c3cccc4c3oc3ccccc34)n2)cc1. The molecule has 4 heterocycles. The average molecular weight is 632 g/mol. The molecule has 0 saturated carbocycles. The molecule has 10 aromatic rings. The normalized spacial score (nSPS) is 11.8. The highest BCUT2D eigenvalue weighted by Crippen LogP contribution is 2.43. The molecule has 224 valence electrons. The standard InChI is InChI=1S/C43H25N3OS/c1-2-11-26(12-3-1)35-25-36(46-43(45-35)33-17-10-16-30-29-13-5-8-19-37(29)47-41(30)33)27-21-23-28(24-22-27)40-39-32-15-6-9-20-38(32)48-42(39)31-14-4-7-18-34(31)44-40/h1-25H. The Morgan fingerprint density at radius 3 is 1.96 bits per heavy atom. The molecule has 48 heavy (non-hydrogen) atoms. The number of fused-ring (bicyclic) bond motifs is 8. The Bertz CT molecular complexity index is 2830. The van der Waals surface area contributed by atoms with Gasteiger partial charge in [-0.2, -0.15) is 0 Å². The second-order valence-corrected chi connectivity index (χ2v) is 13.0. The van der Waals surface area contributed by atoms with E-state index in [0.29, 0.717) is 5.82 Å². The van der Waals surface area contributed by atoms with Crippen molar-refractivity contribution in [2.75, 3.05) is 0 Å². The summed E-state index contributed by atoms with van der Waals surface area (Å²) in [5.74, 6) is 0.628. The summed E-state index contributed by atoms with van der Waals surface area (Å²) >= 11 is 1.84. The van der Waals surface area contributed by atoms with Gasteiger partial charge >= 0.3 is 0 Å². The van der Waals surface area contributed by atoms with Crippen molar-refractivity contribution in [3.8, 4) is 45.2 Å². The molecule has 0 unspecified atom stereocenters. The Labute approximate surface area is 279 Å². The second-order valence-electron chi connectivity index (χ2n) is 12.0. The van der Waals surface area contributed by atoms with Crippen LogP contribution in [0.1, 0.15) is 0 Å². The summed E-state index contributed by atoms with van der Waals surface area (Å²) in [6.45, 7) is 0. The summed E-state index contributed by atoms with van der Waals surface area (Å²) in [6, 6.07) is 52.4. The third-order valence-corrected chi connectivity index (χ3v) is 10.3. The van der Waals surface area contributed by atoms with Gasteiger partial charge in [-0.1, -0.05) is 121 Å². The van der Waals surface area contributed by atoms with Crippen molar-refractivity contribution in [1.82, 2.24) is 15.0 Å². The van der Waals surface area contributed by atoms with E-state index in [1.165, 1.54) is 25.6 Å². The lowest BCUT2D eigenvalue weighted by Crippen LogP contribution is -1.96. The number of rotatable bonds is 4. The molecule has 4 nitrogen and oxygen atoms in total. The molecule has 0 aliphatic rings. The number of hydrogen-bond acceptors (Lipinski definition) is 5. The van der Waals surface area contributed by atoms with Crippen molar-refractivity contribution in [2.45, 2.75) is 0 Å². The van der Waals surface area contributed by atoms with Gasteiger partial charge in [0, 0.05) is 53.0 Å². The van der Waals surface area contributed by atoms with Crippen LogP contribution in [0.25, 0.3) is 98.2 Å². The lowest BCUT2D eigenvalue weighted by Gasteiger charge is -2.11. The van der Waals surface area contributed by atoms with E-state index in [4.69, 9.17) is 19.4 Å². The Morgan fingerprint density at radius 2 is 1.12 bits per heavy atom. The molecule has 10 rings (SSSR count). The van der Waals surface area contributed by atoms with Crippen LogP contribution in [-0.2, 0) is 0 Å². The van der Waals surface area contributed by atoms with Gasteiger partial charge in [0.05, 0.1) is 28.2 Å². The highest BCUT2D eigenvalue weighted by molar-refractivity contribution is 7.26. The number of thiophene rings is 1. The Hall–Kier alpha value is -6.17. The molecule has 0 aliphatic carbocycles. The summed E-state index contributed by atoms with van der Waals surface area (Å²) in [5.41, 5.74) is 9.32. The van der Waals surface area contributed by atoms with E-state index >= 15 is 0 Å². The zero-order valence-electron chi connectivity index (χ0n) is 25.6. The van der Waals surface area contributed by atoms with Gasteiger partial charge in [0.1, 0.15) is 11.2 Å². The molecule has 0 aliphatic heterocycles. The number of para-hydroxylation sites is 3. The average Bonchev–Trinajstić information content (AvgIpc) is 3.74. The van der Waals surface area contributed by atoms with Gasteiger partial charge in [0.2, 0.25) is 0 Å². The lowest BCUT2D eigenvalue weighted by atomic mass is 10.00. The molecule has 6 aromatic carbocycles. The Balaban J connectivity index is 1.15. The first-order valence-electron chi connectivity index (χ1n) is 15.9. The van der Waals surface area contributed by atoms with Crippen molar-refractivity contribution in [3.05, 3.63) is 152 Å². The maximum absolute atomic E-state index is 6.40. The summed E-state index contributed by atoms with van der Waals surface area (Å²) < 4.78 is 8.94. The van der Waals surface area contributed by atoms with Crippen LogP contribution in [-0.4, -0.2) is 15.0 Å². The molecule has 0 fully saturated rings. The molecule has 0 N–H and O–H groups in total. The van der Waals surface area contributed by atoms with Gasteiger partial charge in [0.25, 0.3) is 0 Å². The van der Waals surface area contributed by atoms with Crippen LogP contribution in [0.15, 0.2) is 156 Å². The van der Waals surface area contributed by atoms with Gasteiger partial charge in [0.15, 0.2) is 5.82 Å². The Kier molecular flexibility index (Phi) is 6.01. The highest BCUT2D eigenvalue weighted by atomic mass is 32.1. The number of hydrogen-bond donors (Lipinski definition) is 0. The maximum atomic E-state index is 6.40. The van der Waals surface area contributed by atoms with E-state index in [0.717, 1.165) is 66.8 Å².